The zero-order valence-electron chi connectivity index (χ0n) is 13.6. The van der Waals surface area contributed by atoms with Crippen LogP contribution in [0.4, 0.5) is 0 Å². The summed E-state index contributed by atoms with van der Waals surface area (Å²) in [5, 5.41) is 1.82. The zero-order valence-corrected chi connectivity index (χ0v) is 14.4. The van der Waals surface area contributed by atoms with Crippen LogP contribution in [0, 0.1) is 0 Å². The number of hydrogen-bond acceptors (Lipinski definition) is 4. The van der Waals surface area contributed by atoms with Crippen LogP contribution in [0.3, 0.4) is 0 Å². The van der Waals surface area contributed by atoms with Gasteiger partial charge in [0.2, 0.25) is 0 Å². The normalized spacial score (nSPS) is 10.7. The van der Waals surface area contributed by atoms with Crippen LogP contribution in [0.15, 0.2) is 70.6 Å². The van der Waals surface area contributed by atoms with Gasteiger partial charge in [0.05, 0.1) is 6.61 Å². The van der Waals surface area contributed by atoms with Crippen LogP contribution in [-0.2, 0) is 4.74 Å². The molecule has 122 valence electrons. The summed E-state index contributed by atoms with van der Waals surface area (Å²) in [6.45, 7) is 2.51. The molecule has 2 aromatic carbocycles. The van der Waals surface area contributed by atoms with E-state index in [4.69, 9.17) is 4.74 Å². The Morgan fingerprint density at radius 1 is 1.08 bits per heavy atom. The Labute approximate surface area is 146 Å². The molecule has 4 heteroatoms. The number of carbonyl (C=O) groups excluding carboxylic acids is 1. The summed E-state index contributed by atoms with van der Waals surface area (Å²) >= 11 is 1.70. The molecule has 1 aromatic heterocycles. The van der Waals surface area contributed by atoms with E-state index in [0.29, 0.717) is 12.3 Å². The van der Waals surface area contributed by atoms with Gasteiger partial charge in [0.15, 0.2) is 5.69 Å². The summed E-state index contributed by atoms with van der Waals surface area (Å²) in [5.74, 6) is -0.350. The Bertz CT molecular complexity index is 833. The Morgan fingerprint density at radius 2 is 1.92 bits per heavy atom. The Morgan fingerprint density at radius 3 is 2.71 bits per heavy atom. The van der Waals surface area contributed by atoms with Gasteiger partial charge in [-0.1, -0.05) is 49.4 Å². The first-order chi connectivity index (χ1) is 11.8. The lowest BCUT2D eigenvalue weighted by atomic mass is 10.1. The largest absolute Gasteiger partial charge is 0.461 e. The van der Waals surface area contributed by atoms with Crippen LogP contribution in [0.2, 0.25) is 0 Å². The van der Waals surface area contributed by atoms with E-state index in [2.05, 4.69) is 30.1 Å². The molecule has 3 nitrogen and oxygen atoms in total. The molecule has 3 rings (SSSR count). The molecule has 0 atom stereocenters. The lowest BCUT2D eigenvalue weighted by molar-refractivity contribution is 0.0495. The molecule has 1 heterocycles. The second kappa shape index (κ2) is 7.97. The van der Waals surface area contributed by atoms with E-state index < -0.39 is 0 Å². The summed E-state index contributed by atoms with van der Waals surface area (Å²) in [6, 6.07) is 18.2. The van der Waals surface area contributed by atoms with Gasteiger partial charge in [0.25, 0.3) is 0 Å². The lowest BCUT2D eigenvalue weighted by Gasteiger charge is -2.08. The maximum atomic E-state index is 12.2. The number of ether oxygens (including phenoxy) is 1. The van der Waals surface area contributed by atoms with Crippen molar-refractivity contribution in [2.75, 3.05) is 6.61 Å². The quantitative estimate of drug-likeness (QED) is 0.449. The Balaban J connectivity index is 1.85. The highest BCUT2D eigenvalue weighted by Crippen LogP contribution is 2.30. The third kappa shape index (κ3) is 3.95. The fraction of sp³-hybridized carbons (Fsp3) is 0.200. The van der Waals surface area contributed by atoms with Gasteiger partial charge in [0.1, 0.15) is 0 Å². The minimum absolute atomic E-state index is 0.350. The molecule has 3 aromatic rings. The first-order valence-corrected chi connectivity index (χ1v) is 8.88. The highest BCUT2D eigenvalue weighted by molar-refractivity contribution is 7.99. The molecular weight excluding hydrogens is 318 g/mol. The minimum atomic E-state index is -0.350. The van der Waals surface area contributed by atoms with Crippen molar-refractivity contribution in [3.8, 4) is 0 Å². The molecule has 0 aliphatic carbocycles. The maximum absolute atomic E-state index is 12.2. The average Bonchev–Trinajstić information content (AvgIpc) is 2.62. The highest BCUT2D eigenvalue weighted by atomic mass is 32.2. The number of carbonyl (C=O) groups is 1. The first kappa shape index (κ1) is 16.5. The van der Waals surface area contributed by atoms with Crippen molar-refractivity contribution < 1.29 is 9.53 Å². The fourth-order valence-electron chi connectivity index (χ4n) is 2.38. The summed E-state index contributed by atoms with van der Waals surface area (Å²) < 4.78 is 5.30. The zero-order chi connectivity index (χ0) is 16.8. The predicted octanol–water partition coefficient (Wildman–Crippen LogP) is 5.34. The van der Waals surface area contributed by atoms with Gasteiger partial charge in [-0.2, -0.15) is 0 Å². The average molecular weight is 337 g/mol. The van der Waals surface area contributed by atoms with E-state index in [0.717, 1.165) is 28.5 Å². The number of rotatable bonds is 6. The van der Waals surface area contributed by atoms with Gasteiger partial charge in [-0.15, -0.1) is 0 Å². The number of hydrogen-bond donors (Lipinski definition) is 0. The van der Waals surface area contributed by atoms with Crippen molar-refractivity contribution in [1.82, 2.24) is 4.98 Å². The van der Waals surface area contributed by atoms with Crippen LogP contribution in [-0.4, -0.2) is 17.6 Å². The van der Waals surface area contributed by atoms with Gasteiger partial charge < -0.3 is 4.74 Å². The Hall–Kier alpha value is -2.33. The molecule has 0 unspecified atom stereocenters. The number of benzene rings is 2. The second-order valence-electron chi connectivity index (χ2n) is 5.45. The fourth-order valence-corrected chi connectivity index (χ4v) is 3.27. The van der Waals surface area contributed by atoms with Gasteiger partial charge in [0, 0.05) is 21.4 Å². The van der Waals surface area contributed by atoms with Crippen LogP contribution < -0.4 is 0 Å². The standard InChI is InChI=1S/C20H19NO2S/c1-2-3-13-23-20(22)19-18-10-9-17(14-15(18)11-12-21-19)24-16-7-5-4-6-8-16/h4-12,14H,2-3,13H2,1H3. The number of unbranched alkanes of at least 4 members (excludes halogenated alkanes) is 1. The van der Waals surface area contributed by atoms with Gasteiger partial charge >= 0.3 is 5.97 Å². The van der Waals surface area contributed by atoms with E-state index in [1.807, 2.05) is 36.4 Å². The molecule has 0 aliphatic heterocycles. The Kier molecular flexibility index (Phi) is 5.49. The van der Waals surface area contributed by atoms with Crippen molar-refractivity contribution in [2.24, 2.45) is 0 Å². The molecule has 0 saturated carbocycles. The van der Waals surface area contributed by atoms with Gasteiger partial charge in [-0.25, -0.2) is 9.78 Å². The molecule has 0 aliphatic rings. The molecule has 0 bridgehead atoms. The van der Waals surface area contributed by atoms with Crippen molar-refractivity contribution in [3.05, 3.63) is 66.5 Å². The summed E-state index contributed by atoms with van der Waals surface area (Å²) in [4.78, 5) is 18.8. The van der Waals surface area contributed by atoms with Crippen molar-refractivity contribution in [2.45, 2.75) is 29.6 Å². The SMILES string of the molecule is CCCCOC(=O)c1nccc2cc(Sc3ccccc3)ccc12. The molecule has 0 radical (unpaired) electrons. The molecule has 0 spiro atoms. The number of aromatic nitrogens is 1. The van der Waals surface area contributed by atoms with Crippen LogP contribution >= 0.6 is 11.8 Å². The van der Waals surface area contributed by atoms with Crippen LogP contribution in [0.1, 0.15) is 30.3 Å². The monoisotopic (exact) mass is 337 g/mol. The smallest absolute Gasteiger partial charge is 0.357 e. The molecule has 0 saturated heterocycles. The number of fused-ring (bicyclic) bond motifs is 1. The molecular formula is C20H19NO2S. The second-order valence-corrected chi connectivity index (χ2v) is 6.59. The van der Waals surface area contributed by atoms with E-state index in [-0.39, 0.29) is 5.97 Å². The highest BCUT2D eigenvalue weighted by Gasteiger charge is 2.13. The molecule has 0 amide bonds. The summed E-state index contributed by atoms with van der Waals surface area (Å²) in [5.41, 5.74) is 0.389. The van der Waals surface area contributed by atoms with E-state index in [9.17, 15) is 4.79 Å². The molecule has 0 N–H and O–H groups in total. The molecule has 0 fully saturated rings. The van der Waals surface area contributed by atoms with E-state index in [1.165, 1.54) is 4.90 Å². The summed E-state index contributed by atoms with van der Waals surface area (Å²) in [6.07, 6.45) is 3.53. The van der Waals surface area contributed by atoms with Crippen molar-refractivity contribution in [1.29, 1.82) is 0 Å². The third-order valence-corrected chi connectivity index (χ3v) is 4.64. The van der Waals surface area contributed by atoms with E-state index >= 15 is 0 Å². The number of esters is 1. The van der Waals surface area contributed by atoms with Crippen molar-refractivity contribution in [3.63, 3.8) is 0 Å². The van der Waals surface area contributed by atoms with Crippen molar-refractivity contribution >= 4 is 28.5 Å². The van der Waals surface area contributed by atoms with E-state index in [1.54, 1.807) is 18.0 Å². The van der Waals surface area contributed by atoms with Crippen LogP contribution in [0.25, 0.3) is 10.8 Å². The predicted molar refractivity (Wildman–Crippen MR) is 97.5 cm³/mol. The van der Waals surface area contributed by atoms with Gasteiger partial charge in [-0.05, 0) is 42.1 Å². The molecule has 24 heavy (non-hydrogen) atoms. The maximum Gasteiger partial charge on any atom is 0.357 e. The van der Waals surface area contributed by atoms with Crippen LogP contribution in [0.5, 0.6) is 0 Å². The van der Waals surface area contributed by atoms with Gasteiger partial charge in [-0.3, -0.25) is 0 Å². The summed E-state index contributed by atoms with van der Waals surface area (Å²) in [7, 11) is 0. The number of pyridine rings is 1. The minimum Gasteiger partial charge on any atom is -0.461 e. The number of nitrogens with zero attached hydrogens (tertiary/aromatic N) is 1. The topological polar surface area (TPSA) is 39.2 Å². The first-order valence-electron chi connectivity index (χ1n) is 8.06. The lowest BCUT2D eigenvalue weighted by Crippen LogP contribution is -2.09. The third-order valence-electron chi connectivity index (χ3n) is 3.64.